The zero-order valence-electron chi connectivity index (χ0n) is 33.1. The van der Waals surface area contributed by atoms with Gasteiger partial charge in [0.1, 0.15) is 52.7 Å². The quantitative estimate of drug-likeness (QED) is 0.0371. The Bertz CT molecular complexity index is 2780. The summed E-state index contributed by atoms with van der Waals surface area (Å²) in [6, 6.07) is 19.9. The lowest BCUT2D eigenvalue weighted by Crippen LogP contribution is -2.81. The molecule has 0 N–H and O–H groups in total. The van der Waals surface area contributed by atoms with Gasteiger partial charge in [-0.05, 0) is 11.5 Å². The molecule has 0 amide bonds. The zero-order valence-corrected chi connectivity index (χ0v) is 33.1. The van der Waals surface area contributed by atoms with Crippen LogP contribution in [-0.4, -0.2) is 11.9 Å². The van der Waals surface area contributed by atoms with E-state index in [1.165, 1.54) is 16.5 Å². The third-order valence-electron chi connectivity index (χ3n) is 10.6. The topological polar surface area (TPSA) is 20.9 Å². The zero-order chi connectivity index (χ0) is 49.9. The maximum atomic E-state index is 15.4. The van der Waals surface area contributed by atoms with Crippen molar-refractivity contribution in [3.05, 3.63) is 194 Å². The summed E-state index contributed by atoms with van der Waals surface area (Å²) >= 11 is 0. The van der Waals surface area contributed by atoms with Crippen molar-refractivity contribution in [2.75, 3.05) is 0 Å². The molecule has 0 aliphatic carbocycles. The van der Waals surface area contributed by atoms with Gasteiger partial charge in [-0.3, -0.25) is 4.79 Å². The van der Waals surface area contributed by atoms with E-state index < -0.39 is 144 Å². The van der Waals surface area contributed by atoms with Crippen molar-refractivity contribution < 1.29 is 97.2 Å². The monoisotopic (exact) mass is 969 g/mol. The number of carbonyl (C=O) groups excluding carboxylic acids is 1. The molecule has 0 spiro atoms. The highest BCUT2D eigenvalue weighted by molar-refractivity contribution is 7.20. The molecule has 1 aromatic heterocycles. The molecule has 0 saturated heterocycles. The van der Waals surface area contributed by atoms with Crippen LogP contribution in [0, 0.1) is 116 Å². The molecule has 2 nitrogen and oxygen atoms in total. The van der Waals surface area contributed by atoms with Gasteiger partial charge in [-0.15, -0.1) is 21.9 Å². The second-order valence-corrected chi connectivity index (χ2v) is 14.7. The summed E-state index contributed by atoms with van der Waals surface area (Å²) < 4.78 is 296. The summed E-state index contributed by atoms with van der Waals surface area (Å²) in [5.41, 5.74) is -12.4. The molecular weight excluding hydrogens is 949 g/mol. The van der Waals surface area contributed by atoms with Crippen molar-refractivity contribution in [3.63, 3.8) is 0 Å². The number of halogens is 20. The van der Waals surface area contributed by atoms with Crippen LogP contribution in [0.25, 0.3) is 10.8 Å². The van der Waals surface area contributed by atoms with Crippen molar-refractivity contribution in [1.29, 1.82) is 0 Å². The second kappa shape index (κ2) is 18.4. The Morgan fingerprint density at radius 3 is 1.00 bits per heavy atom. The number of hydrogen-bond acceptors (Lipinski definition) is 1. The molecule has 0 bridgehead atoms. The lowest BCUT2D eigenvalue weighted by molar-refractivity contribution is -0.690. The third-order valence-corrected chi connectivity index (χ3v) is 10.6. The van der Waals surface area contributed by atoms with E-state index >= 15 is 35.1 Å². The number of carbonyl (C=O) groups is 1. The van der Waals surface area contributed by atoms with E-state index in [1.807, 2.05) is 42.6 Å². The number of aromatic nitrogens is 1. The van der Waals surface area contributed by atoms with Gasteiger partial charge in [0.05, 0.1) is 0 Å². The van der Waals surface area contributed by atoms with E-state index in [2.05, 4.69) is 42.7 Å². The maximum absolute atomic E-state index is 15.4. The molecule has 0 saturated carbocycles. The van der Waals surface area contributed by atoms with Gasteiger partial charge in [-0.2, -0.15) is 4.57 Å². The first-order chi connectivity index (χ1) is 31.4. The van der Waals surface area contributed by atoms with Crippen molar-refractivity contribution in [1.82, 2.24) is 0 Å². The van der Waals surface area contributed by atoms with Gasteiger partial charge in [0.25, 0.3) is 0 Å². The Balaban J connectivity index is 0.000000279. The predicted octanol–water partition coefficient (Wildman–Crippen LogP) is 9.98. The Morgan fingerprint density at radius 1 is 0.403 bits per heavy atom. The molecule has 67 heavy (non-hydrogen) atoms. The molecule has 0 aliphatic rings. The Labute approximate surface area is 362 Å². The van der Waals surface area contributed by atoms with Gasteiger partial charge in [0.15, 0.2) is 81.7 Å². The van der Waals surface area contributed by atoms with Gasteiger partial charge in [-0.25, -0.2) is 87.8 Å². The Morgan fingerprint density at radius 2 is 0.687 bits per heavy atom. The molecule has 23 heteroatoms. The van der Waals surface area contributed by atoms with Crippen LogP contribution in [0.2, 0.25) is 0 Å². The molecule has 0 fully saturated rings. The lowest BCUT2D eigenvalue weighted by Gasteiger charge is -2.44. The molecule has 7 rings (SSSR count). The lowest BCUT2D eigenvalue weighted by atomic mass is 9.12. The van der Waals surface area contributed by atoms with Crippen LogP contribution in [-0.2, 0) is 6.54 Å². The van der Waals surface area contributed by atoms with Crippen molar-refractivity contribution in [3.8, 4) is 0 Å². The SMILES string of the molecule is CC(C)c1c2ccccc2cc[n+]1CC(=O)c1ccccc1.Fc1c(F)c(F)c([B-](c2c(F)c(F)c(F)c(F)c2F)(c2c(F)c(F)c(F)c(F)c2F)c2c(F)c(F)c(F)c(F)c2F)c(F)c1F. The molecule has 0 radical (unpaired) electrons. The summed E-state index contributed by atoms with van der Waals surface area (Å²) in [5.74, 6) is -70.9. The molecule has 6 aromatic carbocycles. The minimum absolute atomic E-state index is 0.141. The van der Waals surface area contributed by atoms with Gasteiger partial charge in [0.2, 0.25) is 12.3 Å². The van der Waals surface area contributed by atoms with Crippen LogP contribution in [0.4, 0.5) is 87.8 Å². The van der Waals surface area contributed by atoms with Crippen LogP contribution in [0.15, 0.2) is 66.9 Å². The normalized spacial score (nSPS) is 11.7. The first-order valence-corrected chi connectivity index (χ1v) is 18.6. The number of Topliss-reactive ketones (excluding diaryl/α,β-unsaturated/α-hetero) is 1. The molecule has 0 aliphatic heterocycles. The third kappa shape index (κ3) is 7.80. The van der Waals surface area contributed by atoms with Gasteiger partial charge >= 0.3 is 0 Å². The van der Waals surface area contributed by atoms with E-state index in [0.717, 1.165) is 5.56 Å². The van der Waals surface area contributed by atoms with E-state index in [9.17, 15) is 57.5 Å². The molecule has 350 valence electrons. The molecule has 0 unspecified atom stereocenters. The van der Waals surface area contributed by atoms with E-state index in [-0.39, 0.29) is 5.78 Å². The van der Waals surface area contributed by atoms with Crippen LogP contribution in [0.3, 0.4) is 0 Å². The fraction of sp³-hybridized carbons (Fsp3) is 0.0909. The highest BCUT2D eigenvalue weighted by Gasteiger charge is 2.52. The Hall–Kier alpha value is -6.94. The number of pyridine rings is 1. The van der Waals surface area contributed by atoms with Crippen LogP contribution in [0.5, 0.6) is 0 Å². The minimum atomic E-state index is -7.22. The summed E-state index contributed by atoms with van der Waals surface area (Å²) in [7, 11) is 0. The Kier molecular flexibility index (Phi) is 13.6. The number of hydrogen-bond donors (Lipinski definition) is 0. The predicted molar refractivity (Wildman–Crippen MR) is 198 cm³/mol. The minimum Gasteiger partial charge on any atom is -0.287 e. The fourth-order valence-electron chi connectivity index (χ4n) is 7.81. The van der Waals surface area contributed by atoms with Gasteiger partial charge in [-0.1, -0.05) is 62.4 Å². The molecular formula is C44H20BF20NO. The largest absolute Gasteiger partial charge is 0.287 e. The van der Waals surface area contributed by atoms with E-state index in [1.54, 1.807) is 0 Å². The highest BCUT2D eigenvalue weighted by Crippen LogP contribution is 2.31. The van der Waals surface area contributed by atoms with Crippen LogP contribution >= 0.6 is 0 Å². The van der Waals surface area contributed by atoms with Crippen molar-refractivity contribution >= 4 is 44.6 Å². The number of ketones is 1. The van der Waals surface area contributed by atoms with Crippen molar-refractivity contribution in [2.45, 2.75) is 26.3 Å². The first kappa shape index (κ1) is 49.5. The van der Waals surface area contributed by atoms with Crippen LogP contribution < -0.4 is 26.4 Å². The summed E-state index contributed by atoms with van der Waals surface area (Å²) in [4.78, 5) is 12.5. The van der Waals surface area contributed by atoms with Gasteiger partial charge < -0.3 is 0 Å². The maximum Gasteiger partial charge on any atom is 0.227 e. The number of benzene rings is 6. The second-order valence-electron chi connectivity index (χ2n) is 14.7. The molecule has 1 heterocycles. The van der Waals surface area contributed by atoms with Gasteiger partial charge in [0, 0.05) is 22.9 Å². The number of fused-ring (bicyclic) bond motifs is 1. The summed E-state index contributed by atoms with van der Waals surface area (Å²) in [6.45, 7) is 4.72. The average Bonchev–Trinajstić information content (AvgIpc) is 3.31. The fourth-order valence-corrected chi connectivity index (χ4v) is 7.81. The first-order valence-electron chi connectivity index (χ1n) is 18.6. The number of nitrogens with zero attached hydrogens (tertiary/aromatic N) is 1. The van der Waals surface area contributed by atoms with E-state index in [0.29, 0.717) is 12.5 Å². The molecule has 7 aromatic rings. The smallest absolute Gasteiger partial charge is 0.227 e. The summed E-state index contributed by atoms with van der Waals surface area (Å²) in [5, 5.41) is 2.44. The highest BCUT2D eigenvalue weighted by atomic mass is 19.2. The van der Waals surface area contributed by atoms with E-state index in [4.69, 9.17) is 0 Å². The van der Waals surface area contributed by atoms with Crippen molar-refractivity contribution in [2.24, 2.45) is 0 Å². The average molecular weight is 969 g/mol. The standard InChI is InChI=1S/C24BF20.C20H20NO/c26-5-1(6(27)14(35)21(42)13(5)34)25(2-7(28)15(36)22(43)16(37)8(2)29,3-9(30)17(38)23(44)18(39)10(3)31)4-11(32)19(40)24(45)20(41)12(4)33;1-15(2)20-18-11-7-6-8-16(18)12-13-21(20)14-19(22)17-9-4-3-5-10-17/h;3-13,15H,14H2,1-2H3/q-1;+1. The number of rotatable bonds is 8. The van der Waals surface area contributed by atoms with Crippen LogP contribution in [0.1, 0.15) is 35.8 Å². The summed E-state index contributed by atoms with van der Waals surface area (Å²) in [6.07, 6.45) is -5.19. The molecule has 0 atom stereocenters.